The SMILES string of the molecule is CON=C(C(=O)NC1C(=O)N2C(C(=O)O)=C(C[N+]3(C)CCOCC3)CS[C@@H]12)c1csc(N)n1. The second-order valence-electron chi connectivity index (χ2n) is 8.15. The minimum atomic E-state index is -1.15. The largest absolute Gasteiger partial charge is 0.477 e. The third-order valence-corrected chi connectivity index (χ3v) is 7.84. The molecular formula is C19H25N6O6S2+. The molecule has 1 unspecified atom stereocenters. The summed E-state index contributed by atoms with van der Waals surface area (Å²) >= 11 is 2.57. The van der Waals surface area contributed by atoms with Gasteiger partial charge in [0.15, 0.2) is 10.8 Å². The van der Waals surface area contributed by atoms with E-state index >= 15 is 0 Å². The lowest BCUT2D eigenvalue weighted by Gasteiger charge is -2.50. The standard InChI is InChI=1S/C19H24N6O6S2/c1-25(3-5-31-6-4-25)7-10-8-32-17-13(16(27)24(17)14(10)18(28)29)22-15(26)12(23-30-2)11-9-33-19(20)21-11/h9,13,17H,3-8H2,1-2H3,(H3-,20,21,22,26,28,29)/p+1/t13?,17-/m0/s1. The number of β-lactam (4-membered cyclic amide) rings is 1. The summed E-state index contributed by atoms with van der Waals surface area (Å²) in [5, 5.41) is 17.6. The van der Waals surface area contributed by atoms with Gasteiger partial charge in [0.1, 0.15) is 49.6 Å². The van der Waals surface area contributed by atoms with Crippen LogP contribution < -0.4 is 11.1 Å². The van der Waals surface area contributed by atoms with Gasteiger partial charge in [0.25, 0.3) is 11.8 Å². The summed E-state index contributed by atoms with van der Waals surface area (Å²) in [4.78, 5) is 48.0. The van der Waals surface area contributed by atoms with Crippen LogP contribution in [0.4, 0.5) is 5.13 Å². The minimum absolute atomic E-state index is 0.0122. The molecular weight excluding hydrogens is 472 g/mol. The van der Waals surface area contributed by atoms with Gasteiger partial charge in [0.05, 0.1) is 20.3 Å². The number of morpholine rings is 1. The highest BCUT2D eigenvalue weighted by molar-refractivity contribution is 8.00. The number of aliphatic carboxylic acids is 1. The van der Waals surface area contributed by atoms with Crippen molar-refractivity contribution in [2.75, 3.05) is 58.5 Å². The van der Waals surface area contributed by atoms with Crippen LogP contribution in [0.25, 0.3) is 0 Å². The van der Waals surface area contributed by atoms with Crippen molar-refractivity contribution >= 4 is 51.7 Å². The third-order valence-electron chi connectivity index (χ3n) is 5.82. The summed E-state index contributed by atoms with van der Waals surface area (Å²) in [5.74, 6) is -1.82. The van der Waals surface area contributed by atoms with E-state index in [1.165, 1.54) is 23.8 Å². The van der Waals surface area contributed by atoms with Crippen LogP contribution in [-0.4, -0.2) is 107 Å². The number of anilines is 1. The zero-order valence-electron chi connectivity index (χ0n) is 18.1. The number of thiazole rings is 1. The molecule has 12 nitrogen and oxygen atoms in total. The molecule has 0 radical (unpaired) electrons. The van der Waals surface area contributed by atoms with E-state index < -0.39 is 29.2 Å². The van der Waals surface area contributed by atoms with E-state index in [9.17, 15) is 19.5 Å². The Morgan fingerprint density at radius 2 is 2.18 bits per heavy atom. The molecule has 14 heteroatoms. The van der Waals surface area contributed by atoms with E-state index in [0.29, 0.717) is 35.6 Å². The number of amides is 2. The van der Waals surface area contributed by atoms with Crippen molar-refractivity contribution in [3.8, 4) is 0 Å². The fraction of sp³-hybridized carbons (Fsp3) is 0.526. The first-order valence-corrected chi connectivity index (χ1v) is 12.1. The number of thioether (sulfide) groups is 1. The topological polar surface area (TPSA) is 156 Å². The predicted octanol–water partition coefficient (Wildman–Crippen LogP) is -0.709. The number of rotatable bonds is 7. The van der Waals surface area contributed by atoms with Crippen LogP contribution in [0.5, 0.6) is 0 Å². The minimum Gasteiger partial charge on any atom is -0.477 e. The van der Waals surface area contributed by atoms with Crippen LogP contribution in [-0.2, 0) is 24.0 Å². The Balaban J connectivity index is 1.51. The van der Waals surface area contributed by atoms with Gasteiger partial charge in [-0.3, -0.25) is 14.5 Å². The van der Waals surface area contributed by atoms with Crippen LogP contribution in [0, 0.1) is 0 Å². The summed E-state index contributed by atoms with van der Waals surface area (Å²) in [5.41, 5.74) is 6.48. The number of carboxylic acids is 1. The number of ether oxygens (including phenoxy) is 1. The number of quaternary nitrogens is 1. The predicted molar refractivity (Wildman–Crippen MR) is 121 cm³/mol. The number of oxime groups is 1. The number of likely N-dealkylation sites (N-methyl/N-ethyl adjacent to an activating group) is 1. The van der Waals surface area contributed by atoms with E-state index in [2.05, 4.69) is 22.5 Å². The maximum atomic E-state index is 13.0. The number of nitrogen functional groups attached to an aromatic ring is 1. The van der Waals surface area contributed by atoms with Crippen LogP contribution in [0.15, 0.2) is 21.8 Å². The number of carbonyl (C=O) groups is 3. The van der Waals surface area contributed by atoms with Crippen molar-refractivity contribution in [2.24, 2.45) is 5.16 Å². The first-order valence-electron chi connectivity index (χ1n) is 10.2. The number of hydrogen-bond acceptors (Lipinski definition) is 10. The highest BCUT2D eigenvalue weighted by Crippen LogP contribution is 2.41. The van der Waals surface area contributed by atoms with Gasteiger partial charge in [-0.15, -0.1) is 23.1 Å². The molecule has 0 aromatic carbocycles. The van der Waals surface area contributed by atoms with Gasteiger partial charge in [0, 0.05) is 16.7 Å². The molecule has 2 atom stereocenters. The third kappa shape index (κ3) is 4.55. The molecule has 2 amide bonds. The highest BCUT2D eigenvalue weighted by Gasteiger charge is 2.55. The number of carbonyl (C=O) groups excluding carboxylic acids is 2. The number of nitrogens with two attached hydrogens (primary N) is 1. The van der Waals surface area contributed by atoms with Crippen LogP contribution in [0.1, 0.15) is 5.69 Å². The molecule has 3 aliphatic rings. The van der Waals surface area contributed by atoms with Crippen molar-refractivity contribution in [2.45, 2.75) is 11.4 Å². The van der Waals surface area contributed by atoms with Crippen molar-refractivity contribution in [3.63, 3.8) is 0 Å². The number of nitrogens with zero attached hydrogens (tertiary/aromatic N) is 4. The number of carboxylic acid groups (broad SMARTS) is 1. The zero-order valence-corrected chi connectivity index (χ0v) is 19.8. The Bertz CT molecular complexity index is 1030. The molecule has 2 saturated heterocycles. The monoisotopic (exact) mass is 497 g/mol. The van der Waals surface area contributed by atoms with Crippen molar-refractivity contribution in [1.82, 2.24) is 15.2 Å². The van der Waals surface area contributed by atoms with Gasteiger partial charge in [-0.1, -0.05) is 5.16 Å². The number of nitrogens with one attached hydrogen (secondary N) is 1. The Morgan fingerprint density at radius 1 is 1.45 bits per heavy atom. The maximum absolute atomic E-state index is 13.0. The van der Waals surface area contributed by atoms with Crippen molar-refractivity contribution in [3.05, 3.63) is 22.3 Å². The maximum Gasteiger partial charge on any atom is 0.352 e. The van der Waals surface area contributed by atoms with Gasteiger partial charge in [-0.2, -0.15) is 0 Å². The molecule has 1 aromatic rings. The normalized spacial score (nSPS) is 24.7. The van der Waals surface area contributed by atoms with Crippen molar-refractivity contribution < 1.29 is 33.5 Å². The summed E-state index contributed by atoms with van der Waals surface area (Å²) in [6.07, 6.45) is 0. The van der Waals surface area contributed by atoms with E-state index in [0.717, 1.165) is 24.4 Å². The summed E-state index contributed by atoms with van der Waals surface area (Å²) in [7, 11) is 3.35. The van der Waals surface area contributed by atoms with Gasteiger partial charge < -0.3 is 30.2 Å². The quantitative estimate of drug-likeness (QED) is 0.192. The van der Waals surface area contributed by atoms with E-state index in [1.807, 2.05) is 0 Å². The average molecular weight is 498 g/mol. The molecule has 0 spiro atoms. The molecule has 4 N–H and O–H groups in total. The fourth-order valence-electron chi connectivity index (χ4n) is 4.11. The lowest BCUT2D eigenvalue weighted by Crippen LogP contribution is -2.71. The lowest BCUT2D eigenvalue weighted by atomic mass is 10.0. The smallest absolute Gasteiger partial charge is 0.352 e. The first-order chi connectivity index (χ1) is 15.7. The van der Waals surface area contributed by atoms with Crippen LogP contribution in [0.2, 0.25) is 0 Å². The number of aromatic nitrogens is 1. The average Bonchev–Trinajstić information content (AvgIpc) is 3.21. The van der Waals surface area contributed by atoms with E-state index in [1.54, 1.807) is 5.38 Å². The Morgan fingerprint density at radius 3 is 2.79 bits per heavy atom. The van der Waals surface area contributed by atoms with Gasteiger partial charge in [-0.05, 0) is 0 Å². The molecule has 4 heterocycles. The van der Waals surface area contributed by atoms with E-state index in [-0.39, 0.29) is 22.2 Å². The number of hydrogen-bond donors (Lipinski definition) is 3. The zero-order chi connectivity index (χ0) is 23.8. The van der Waals surface area contributed by atoms with Gasteiger partial charge >= 0.3 is 5.97 Å². The molecule has 2 fully saturated rings. The van der Waals surface area contributed by atoms with Crippen LogP contribution in [0.3, 0.4) is 0 Å². The molecule has 3 aliphatic heterocycles. The molecule has 0 aliphatic carbocycles. The summed E-state index contributed by atoms with van der Waals surface area (Å²) < 4.78 is 6.09. The van der Waals surface area contributed by atoms with Crippen LogP contribution >= 0.6 is 23.1 Å². The highest BCUT2D eigenvalue weighted by atomic mass is 32.2. The Hall–Kier alpha value is -2.68. The van der Waals surface area contributed by atoms with E-state index in [4.69, 9.17) is 15.3 Å². The lowest BCUT2D eigenvalue weighted by molar-refractivity contribution is -0.912. The Labute approximate surface area is 198 Å². The summed E-state index contributed by atoms with van der Waals surface area (Å²) in [6.45, 7) is 3.32. The second-order valence-corrected chi connectivity index (χ2v) is 10.1. The van der Waals surface area contributed by atoms with Crippen molar-refractivity contribution in [1.29, 1.82) is 0 Å². The molecule has 4 rings (SSSR count). The molecule has 0 bridgehead atoms. The fourth-order valence-corrected chi connectivity index (χ4v) is 5.99. The molecule has 1 aromatic heterocycles. The van der Waals surface area contributed by atoms with Gasteiger partial charge in [-0.25, -0.2) is 9.78 Å². The molecule has 0 saturated carbocycles. The second kappa shape index (κ2) is 9.29. The number of fused-ring (bicyclic) bond motifs is 1. The molecule has 33 heavy (non-hydrogen) atoms. The van der Waals surface area contributed by atoms with Gasteiger partial charge in [0.2, 0.25) is 0 Å². The molecule has 178 valence electrons. The summed E-state index contributed by atoms with van der Waals surface area (Å²) in [6, 6.07) is -0.885. The first kappa shape index (κ1) is 23.5. The Kier molecular flexibility index (Phi) is 6.61.